The molecule has 0 aliphatic carbocycles. The van der Waals surface area contributed by atoms with E-state index in [-0.39, 0.29) is 22.4 Å². The van der Waals surface area contributed by atoms with E-state index in [4.69, 9.17) is 21.4 Å². The lowest BCUT2D eigenvalue weighted by atomic mass is 9.84. The molecular formula is C20H26ClN3O5S. The quantitative estimate of drug-likeness (QED) is 0.632. The number of nitrogens with zero attached hydrogens (tertiary/aromatic N) is 2. The lowest BCUT2D eigenvalue weighted by Crippen LogP contribution is -2.26. The van der Waals surface area contributed by atoms with Crippen molar-refractivity contribution in [2.45, 2.75) is 36.6 Å². The number of nitrogens with one attached hydrogen (secondary N) is 1. The standard InChI is InChI=1S/C20H26ClN3O5S/c1-30(27,28)18-3-2-15(13-17(18)21)16(12-14-5-10-29-11-6-14)20(26)22-19-4-7-24(23-19)8-9-25/h2-4,7,13-14,16,25H,5-6,8-12H2,1H3,(H,22,23,26). The first-order valence-electron chi connectivity index (χ1n) is 9.80. The van der Waals surface area contributed by atoms with Crippen molar-refractivity contribution in [3.8, 4) is 0 Å². The Bertz CT molecular complexity index is 986. The fourth-order valence-corrected chi connectivity index (χ4v) is 4.95. The Kier molecular flexibility index (Phi) is 7.51. The van der Waals surface area contributed by atoms with Crippen molar-refractivity contribution in [3.05, 3.63) is 41.0 Å². The third-order valence-electron chi connectivity index (χ3n) is 5.21. The maximum atomic E-state index is 13.1. The molecule has 1 aromatic carbocycles. The summed E-state index contributed by atoms with van der Waals surface area (Å²) in [5.74, 6) is -0.0415. The van der Waals surface area contributed by atoms with E-state index in [0.717, 1.165) is 19.1 Å². The molecule has 1 aromatic heterocycles. The highest BCUT2D eigenvalue weighted by Gasteiger charge is 2.28. The van der Waals surface area contributed by atoms with Crippen molar-refractivity contribution in [3.63, 3.8) is 0 Å². The van der Waals surface area contributed by atoms with Gasteiger partial charge in [0.25, 0.3) is 0 Å². The highest BCUT2D eigenvalue weighted by atomic mass is 35.5. The van der Waals surface area contributed by atoms with E-state index in [0.29, 0.717) is 43.5 Å². The maximum absolute atomic E-state index is 13.1. The Morgan fingerprint density at radius 2 is 2.10 bits per heavy atom. The van der Waals surface area contributed by atoms with Crippen LogP contribution in [0.15, 0.2) is 35.4 Å². The van der Waals surface area contributed by atoms with Crippen LogP contribution in [0.25, 0.3) is 0 Å². The summed E-state index contributed by atoms with van der Waals surface area (Å²) in [4.78, 5) is 13.2. The van der Waals surface area contributed by atoms with Gasteiger partial charge in [-0.2, -0.15) is 5.10 Å². The minimum Gasteiger partial charge on any atom is -0.394 e. The zero-order chi connectivity index (χ0) is 21.7. The molecule has 1 aliphatic rings. The summed E-state index contributed by atoms with van der Waals surface area (Å²) < 4.78 is 30.7. The molecule has 164 valence electrons. The number of sulfone groups is 1. The van der Waals surface area contributed by atoms with Gasteiger partial charge in [0.1, 0.15) is 0 Å². The highest BCUT2D eigenvalue weighted by molar-refractivity contribution is 7.90. The Labute approximate surface area is 181 Å². The molecule has 8 nitrogen and oxygen atoms in total. The number of benzene rings is 1. The fraction of sp³-hybridized carbons (Fsp3) is 0.500. The molecule has 1 unspecified atom stereocenters. The van der Waals surface area contributed by atoms with Crippen molar-refractivity contribution < 1.29 is 23.1 Å². The first-order chi connectivity index (χ1) is 14.3. The molecule has 0 radical (unpaired) electrons. The smallest absolute Gasteiger partial charge is 0.233 e. The number of hydrogen-bond donors (Lipinski definition) is 2. The minimum absolute atomic E-state index is 0.0425. The van der Waals surface area contributed by atoms with Crippen LogP contribution in [0, 0.1) is 5.92 Å². The van der Waals surface area contributed by atoms with Crippen LogP contribution in [0.5, 0.6) is 0 Å². The van der Waals surface area contributed by atoms with Crippen LogP contribution in [0.4, 0.5) is 5.82 Å². The van der Waals surface area contributed by atoms with Crippen LogP contribution in [0.1, 0.15) is 30.7 Å². The lowest BCUT2D eigenvalue weighted by molar-refractivity contribution is -0.118. The van der Waals surface area contributed by atoms with Gasteiger partial charge in [-0.05, 0) is 42.9 Å². The van der Waals surface area contributed by atoms with Gasteiger partial charge in [-0.3, -0.25) is 9.48 Å². The minimum atomic E-state index is -3.46. The van der Waals surface area contributed by atoms with Crippen LogP contribution < -0.4 is 5.32 Å². The maximum Gasteiger partial charge on any atom is 0.233 e. The van der Waals surface area contributed by atoms with E-state index >= 15 is 0 Å². The number of halogens is 1. The molecule has 0 spiro atoms. The van der Waals surface area contributed by atoms with E-state index < -0.39 is 15.8 Å². The molecule has 2 heterocycles. The number of amides is 1. The van der Waals surface area contributed by atoms with Gasteiger partial charge in [0.2, 0.25) is 5.91 Å². The van der Waals surface area contributed by atoms with Gasteiger partial charge in [0.05, 0.1) is 29.0 Å². The van der Waals surface area contributed by atoms with Gasteiger partial charge in [0, 0.05) is 31.7 Å². The Balaban J connectivity index is 1.85. The lowest BCUT2D eigenvalue weighted by Gasteiger charge is -2.26. The Morgan fingerprint density at radius 3 is 2.73 bits per heavy atom. The molecule has 2 N–H and O–H groups in total. The van der Waals surface area contributed by atoms with Crippen LogP contribution in [0.2, 0.25) is 5.02 Å². The van der Waals surface area contributed by atoms with Crippen LogP contribution in [-0.4, -0.2) is 55.3 Å². The van der Waals surface area contributed by atoms with Crippen molar-refractivity contribution in [1.29, 1.82) is 0 Å². The van der Waals surface area contributed by atoms with Gasteiger partial charge < -0.3 is 15.2 Å². The monoisotopic (exact) mass is 455 g/mol. The zero-order valence-corrected chi connectivity index (χ0v) is 18.3. The van der Waals surface area contributed by atoms with E-state index in [1.807, 2.05) is 0 Å². The Hall–Kier alpha value is -1.94. The topological polar surface area (TPSA) is 111 Å². The number of ether oxygens (including phenoxy) is 1. The SMILES string of the molecule is CS(=O)(=O)c1ccc(C(CC2CCOCC2)C(=O)Nc2ccn(CCO)n2)cc1Cl. The molecule has 30 heavy (non-hydrogen) atoms. The normalized spacial score (nSPS) is 16.4. The molecule has 1 aliphatic heterocycles. The molecule has 2 aromatic rings. The average Bonchev–Trinajstić information content (AvgIpc) is 3.13. The molecule has 3 rings (SSSR count). The number of rotatable bonds is 8. The summed E-state index contributed by atoms with van der Waals surface area (Å²) in [6, 6.07) is 6.33. The zero-order valence-electron chi connectivity index (χ0n) is 16.8. The average molecular weight is 456 g/mol. The summed E-state index contributed by atoms with van der Waals surface area (Å²) in [5, 5.41) is 16.2. The first kappa shape index (κ1) is 22.7. The van der Waals surface area contributed by atoms with Gasteiger partial charge in [0.15, 0.2) is 15.7 Å². The summed E-state index contributed by atoms with van der Waals surface area (Å²) in [5.41, 5.74) is 0.659. The summed E-state index contributed by atoms with van der Waals surface area (Å²) in [7, 11) is -3.46. The molecule has 1 amide bonds. The van der Waals surface area contributed by atoms with Gasteiger partial charge in [-0.15, -0.1) is 0 Å². The number of carbonyl (C=O) groups excluding carboxylic acids is 1. The van der Waals surface area contributed by atoms with E-state index in [1.54, 1.807) is 29.1 Å². The third kappa shape index (κ3) is 5.81. The summed E-state index contributed by atoms with van der Waals surface area (Å²) in [6.45, 7) is 1.62. The number of aliphatic hydroxyl groups excluding tert-OH is 1. The first-order valence-corrected chi connectivity index (χ1v) is 12.1. The van der Waals surface area contributed by atoms with E-state index in [9.17, 15) is 13.2 Å². The molecule has 1 saturated heterocycles. The number of aliphatic hydroxyl groups is 1. The van der Waals surface area contributed by atoms with E-state index in [2.05, 4.69) is 10.4 Å². The van der Waals surface area contributed by atoms with Crippen molar-refractivity contribution >= 4 is 33.2 Å². The van der Waals surface area contributed by atoms with Gasteiger partial charge in [-0.1, -0.05) is 17.7 Å². The molecule has 0 saturated carbocycles. The molecule has 1 fully saturated rings. The molecule has 1 atom stereocenters. The predicted octanol–water partition coefficient (Wildman–Crippen LogP) is 2.47. The second-order valence-corrected chi connectivity index (χ2v) is 9.87. The number of carbonyl (C=O) groups is 1. The van der Waals surface area contributed by atoms with Crippen LogP contribution >= 0.6 is 11.6 Å². The van der Waals surface area contributed by atoms with Crippen LogP contribution in [-0.2, 0) is 25.9 Å². The van der Waals surface area contributed by atoms with E-state index in [1.165, 1.54) is 6.07 Å². The van der Waals surface area contributed by atoms with Crippen molar-refractivity contribution in [1.82, 2.24) is 9.78 Å². The fourth-order valence-electron chi connectivity index (χ4n) is 3.61. The van der Waals surface area contributed by atoms with Crippen LogP contribution in [0.3, 0.4) is 0 Å². The van der Waals surface area contributed by atoms with Gasteiger partial charge >= 0.3 is 0 Å². The largest absolute Gasteiger partial charge is 0.394 e. The molecule has 10 heteroatoms. The molecule has 0 bridgehead atoms. The summed E-state index contributed by atoms with van der Waals surface area (Å²) in [6.07, 6.45) is 5.11. The van der Waals surface area contributed by atoms with Gasteiger partial charge in [-0.25, -0.2) is 8.42 Å². The Morgan fingerprint density at radius 1 is 1.37 bits per heavy atom. The second-order valence-electron chi connectivity index (χ2n) is 7.48. The second kappa shape index (κ2) is 9.91. The van der Waals surface area contributed by atoms with Crippen molar-refractivity contribution in [2.75, 3.05) is 31.4 Å². The third-order valence-corrected chi connectivity index (χ3v) is 6.78. The summed E-state index contributed by atoms with van der Waals surface area (Å²) >= 11 is 6.23. The highest BCUT2D eigenvalue weighted by Crippen LogP contribution is 2.33. The predicted molar refractivity (Wildman–Crippen MR) is 113 cm³/mol. The molecular weight excluding hydrogens is 430 g/mol. The number of anilines is 1. The van der Waals surface area contributed by atoms with Crippen molar-refractivity contribution in [2.24, 2.45) is 5.92 Å². The number of hydrogen-bond acceptors (Lipinski definition) is 6. The number of aromatic nitrogens is 2.